The topological polar surface area (TPSA) is 12.9 Å². The Morgan fingerprint density at radius 3 is 2.70 bits per heavy atom. The van der Waals surface area contributed by atoms with E-state index in [0.717, 1.165) is 12.3 Å². The molecule has 0 spiro atoms. The van der Waals surface area contributed by atoms with Crippen LogP contribution >= 0.6 is 0 Å². The maximum absolute atomic E-state index is 12.5. The van der Waals surface area contributed by atoms with Gasteiger partial charge in [0.25, 0.3) is 0 Å². The number of hydrogen-bond donors (Lipinski definition) is 0. The van der Waals surface area contributed by atoms with Gasteiger partial charge in [0.05, 0.1) is 6.20 Å². The Balaban J connectivity index is 3.21. The molecule has 0 saturated carbocycles. The summed E-state index contributed by atoms with van der Waals surface area (Å²) >= 11 is 0. The monoisotopic (exact) mass is 141 g/mol. The Bertz CT molecular complexity index is 258. The summed E-state index contributed by atoms with van der Waals surface area (Å²) in [4.78, 5) is 3.10. The zero-order valence-corrected chi connectivity index (χ0v) is 5.14. The van der Waals surface area contributed by atoms with E-state index in [1.807, 2.05) is 0 Å². The standard InChI is InChI=1S/C7H5F2N/c1-2-5-3-7(9)10-4-6(5)8/h2-4H,1H2. The third-order valence-electron chi connectivity index (χ3n) is 1.07. The fourth-order valence-electron chi connectivity index (χ4n) is 0.584. The van der Waals surface area contributed by atoms with Crippen molar-refractivity contribution in [3.05, 3.63) is 36.2 Å². The zero-order valence-electron chi connectivity index (χ0n) is 5.14. The fourth-order valence-corrected chi connectivity index (χ4v) is 0.584. The first-order valence-electron chi connectivity index (χ1n) is 2.67. The van der Waals surface area contributed by atoms with Crippen molar-refractivity contribution in [1.29, 1.82) is 0 Å². The van der Waals surface area contributed by atoms with Gasteiger partial charge in [-0.05, 0) is 0 Å². The fraction of sp³-hybridized carbons (Fsp3) is 0. The van der Waals surface area contributed by atoms with Crippen LogP contribution in [0.2, 0.25) is 0 Å². The normalized spacial score (nSPS) is 9.40. The molecule has 10 heavy (non-hydrogen) atoms. The lowest BCUT2D eigenvalue weighted by Crippen LogP contribution is -1.87. The lowest BCUT2D eigenvalue weighted by molar-refractivity contribution is 0.558. The van der Waals surface area contributed by atoms with Gasteiger partial charge in [0.2, 0.25) is 5.95 Å². The Kier molecular flexibility index (Phi) is 1.76. The molecule has 1 aromatic rings. The highest BCUT2D eigenvalue weighted by Crippen LogP contribution is 2.07. The molecule has 0 aliphatic rings. The molecular formula is C7H5F2N. The summed E-state index contributed by atoms with van der Waals surface area (Å²) in [6.45, 7) is 3.30. The summed E-state index contributed by atoms with van der Waals surface area (Å²) in [5.74, 6) is -1.26. The van der Waals surface area contributed by atoms with Crippen LogP contribution in [0.1, 0.15) is 5.56 Å². The summed E-state index contributed by atoms with van der Waals surface area (Å²) in [5.41, 5.74) is 0.132. The van der Waals surface area contributed by atoms with Crippen LogP contribution in [0, 0.1) is 11.8 Å². The first-order chi connectivity index (χ1) is 4.74. The van der Waals surface area contributed by atoms with Crippen molar-refractivity contribution in [3.63, 3.8) is 0 Å². The summed E-state index contributed by atoms with van der Waals surface area (Å²) in [6, 6.07) is 0.988. The van der Waals surface area contributed by atoms with Gasteiger partial charge >= 0.3 is 0 Å². The van der Waals surface area contributed by atoms with Crippen molar-refractivity contribution in [3.8, 4) is 0 Å². The molecule has 1 nitrogen and oxygen atoms in total. The predicted molar refractivity (Wildman–Crippen MR) is 34.2 cm³/mol. The lowest BCUT2D eigenvalue weighted by atomic mass is 10.2. The Morgan fingerprint density at radius 2 is 2.20 bits per heavy atom. The van der Waals surface area contributed by atoms with Crippen molar-refractivity contribution in [1.82, 2.24) is 4.98 Å². The molecule has 0 aliphatic heterocycles. The number of halogens is 2. The lowest BCUT2D eigenvalue weighted by Gasteiger charge is -1.93. The molecular weight excluding hydrogens is 136 g/mol. The molecule has 1 heterocycles. The molecule has 0 unspecified atom stereocenters. The molecule has 3 heteroatoms. The summed E-state index contributed by atoms with van der Waals surface area (Å²) in [5, 5.41) is 0. The van der Waals surface area contributed by atoms with E-state index in [1.165, 1.54) is 6.08 Å². The highest BCUT2D eigenvalue weighted by atomic mass is 19.1. The van der Waals surface area contributed by atoms with E-state index in [9.17, 15) is 8.78 Å². The molecule has 0 atom stereocenters. The van der Waals surface area contributed by atoms with Gasteiger partial charge in [-0.2, -0.15) is 4.39 Å². The number of hydrogen-bond acceptors (Lipinski definition) is 1. The molecule has 0 amide bonds. The molecule has 52 valence electrons. The highest BCUT2D eigenvalue weighted by Gasteiger charge is 1.98. The third kappa shape index (κ3) is 1.18. The van der Waals surface area contributed by atoms with E-state index in [2.05, 4.69) is 11.6 Å². The van der Waals surface area contributed by atoms with Gasteiger partial charge in [-0.25, -0.2) is 9.37 Å². The zero-order chi connectivity index (χ0) is 7.56. The minimum Gasteiger partial charge on any atom is -0.225 e. The number of pyridine rings is 1. The molecule has 0 saturated heterocycles. The van der Waals surface area contributed by atoms with E-state index >= 15 is 0 Å². The van der Waals surface area contributed by atoms with Gasteiger partial charge in [-0.1, -0.05) is 12.7 Å². The van der Waals surface area contributed by atoms with Crippen LogP contribution < -0.4 is 0 Å². The molecule has 0 bridgehead atoms. The summed E-state index contributed by atoms with van der Waals surface area (Å²) < 4.78 is 24.7. The van der Waals surface area contributed by atoms with Crippen molar-refractivity contribution in [2.24, 2.45) is 0 Å². The second kappa shape index (κ2) is 2.56. The second-order valence-electron chi connectivity index (χ2n) is 1.73. The number of nitrogens with zero attached hydrogens (tertiary/aromatic N) is 1. The van der Waals surface area contributed by atoms with Gasteiger partial charge in [0.15, 0.2) is 0 Å². The summed E-state index contributed by atoms with van der Waals surface area (Å²) in [6.07, 6.45) is 2.06. The van der Waals surface area contributed by atoms with E-state index in [1.54, 1.807) is 0 Å². The van der Waals surface area contributed by atoms with E-state index in [-0.39, 0.29) is 5.56 Å². The summed E-state index contributed by atoms with van der Waals surface area (Å²) in [7, 11) is 0. The van der Waals surface area contributed by atoms with Crippen LogP contribution in [0.25, 0.3) is 6.08 Å². The Labute approximate surface area is 57.0 Å². The van der Waals surface area contributed by atoms with Crippen molar-refractivity contribution in [2.75, 3.05) is 0 Å². The van der Waals surface area contributed by atoms with Gasteiger partial charge in [0, 0.05) is 11.6 Å². The van der Waals surface area contributed by atoms with Gasteiger partial charge in [0.1, 0.15) is 5.82 Å². The number of rotatable bonds is 1. The Morgan fingerprint density at radius 1 is 1.50 bits per heavy atom. The maximum Gasteiger partial charge on any atom is 0.213 e. The second-order valence-corrected chi connectivity index (χ2v) is 1.73. The average Bonchev–Trinajstić information content (AvgIpc) is 1.94. The molecule has 0 aliphatic carbocycles. The Hall–Kier alpha value is -1.25. The van der Waals surface area contributed by atoms with E-state index in [0.29, 0.717) is 0 Å². The quantitative estimate of drug-likeness (QED) is 0.545. The SMILES string of the molecule is C=Cc1cc(F)ncc1F. The largest absolute Gasteiger partial charge is 0.225 e. The third-order valence-corrected chi connectivity index (χ3v) is 1.07. The van der Waals surface area contributed by atoms with E-state index < -0.39 is 11.8 Å². The maximum atomic E-state index is 12.5. The molecule has 1 aromatic heterocycles. The molecule has 0 aromatic carbocycles. The van der Waals surface area contributed by atoms with Crippen LogP contribution in [-0.2, 0) is 0 Å². The molecule has 0 radical (unpaired) electrons. The van der Waals surface area contributed by atoms with Crippen LogP contribution in [0.4, 0.5) is 8.78 Å². The highest BCUT2D eigenvalue weighted by molar-refractivity contribution is 5.46. The van der Waals surface area contributed by atoms with Crippen LogP contribution in [0.3, 0.4) is 0 Å². The van der Waals surface area contributed by atoms with Crippen LogP contribution in [-0.4, -0.2) is 4.98 Å². The van der Waals surface area contributed by atoms with Crippen molar-refractivity contribution < 1.29 is 8.78 Å². The van der Waals surface area contributed by atoms with Crippen molar-refractivity contribution >= 4 is 6.08 Å². The smallest absolute Gasteiger partial charge is 0.213 e. The van der Waals surface area contributed by atoms with Gasteiger partial charge < -0.3 is 0 Å². The predicted octanol–water partition coefficient (Wildman–Crippen LogP) is 2.00. The van der Waals surface area contributed by atoms with Crippen molar-refractivity contribution in [2.45, 2.75) is 0 Å². The number of aromatic nitrogens is 1. The first-order valence-corrected chi connectivity index (χ1v) is 2.67. The molecule has 0 fully saturated rings. The van der Waals surface area contributed by atoms with Crippen LogP contribution in [0.15, 0.2) is 18.8 Å². The molecule has 0 N–H and O–H groups in total. The first kappa shape index (κ1) is 6.86. The van der Waals surface area contributed by atoms with Gasteiger partial charge in [-0.15, -0.1) is 0 Å². The average molecular weight is 141 g/mol. The van der Waals surface area contributed by atoms with E-state index in [4.69, 9.17) is 0 Å². The van der Waals surface area contributed by atoms with Crippen LogP contribution in [0.5, 0.6) is 0 Å². The minimum atomic E-state index is -0.698. The molecule has 1 rings (SSSR count). The van der Waals surface area contributed by atoms with Gasteiger partial charge in [-0.3, -0.25) is 0 Å². The minimum absolute atomic E-state index is 0.132.